The number of carbonyl (C=O) groups is 5. The van der Waals surface area contributed by atoms with Gasteiger partial charge in [0.1, 0.15) is 41.3 Å². The number of aliphatic hydroxyl groups is 3. The average Bonchev–Trinajstić information content (AvgIpc) is 1.54. The number of nitrogens with two attached hydrogens (primary N) is 2. The predicted octanol–water partition coefficient (Wildman–Crippen LogP) is 9.76. The number of furan rings is 1. The summed E-state index contributed by atoms with van der Waals surface area (Å²) in [5.74, 6) is -6.35. The molecule has 684 valence electrons. The van der Waals surface area contributed by atoms with Gasteiger partial charge in [-0.3, -0.25) is 19.2 Å². The van der Waals surface area contributed by atoms with Gasteiger partial charge in [0, 0.05) is 134 Å². The highest BCUT2D eigenvalue weighted by molar-refractivity contribution is 6.39. The topological polar surface area (TPSA) is 423 Å². The second-order valence-corrected chi connectivity index (χ2v) is 32.9. The van der Waals surface area contributed by atoms with E-state index in [0.717, 1.165) is 46.9 Å². The molecule has 1 saturated carbocycles. The van der Waals surface area contributed by atoms with Crippen molar-refractivity contribution in [3.63, 3.8) is 0 Å². The molecular formula is C90H138N12O21. The highest BCUT2D eigenvalue weighted by atomic mass is 16.6. The van der Waals surface area contributed by atoms with E-state index < -0.39 is 78.1 Å². The van der Waals surface area contributed by atoms with Crippen LogP contribution in [-0.4, -0.2) is 260 Å². The Morgan fingerprint density at radius 3 is 2.18 bits per heavy atom. The lowest BCUT2D eigenvalue weighted by molar-refractivity contribution is -0.265. The number of esters is 1. The molecule has 7 heterocycles. The maximum absolute atomic E-state index is 14.8. The Kier molecular flexibility index (Phi) is 42.2. The van der Waals surface area contributed by atoms with Crippen molar-refractivity contribution in [1.82, 2.24) is 45.3 Å². The number of pyridine rings is 1. The van der Waals surface area contributed by atoms with Crippen molar-refractivity contribution in [1.29, 1.82) is 0 Å². The first-order valence-electron chi connectivity index (χ1n) is 43.7. The van der Waals surface area contributed by atoms with E-state index in [1.807, 2.05) is 94.8 Å². The van der Waals surface area contributed by atoms with Gasteiger partial charge in [0.05, 0.1) is 114 Å². The minimum atomic E-state index is -2.42. The van der Waals surface area contributed by atoms with E-state index in [4.69, 9.17) is 83.1 Å². The molecule has 1 unspecified atom stereocenters. The molecule has 0 spiro atoms. The standard InChI is InChI=1S/C66H109N5O18.C24H29N7O3/c1-44-18-14-13-15-19-45(2)56(79-9)40-53-23-21-50(7)66(77,89-53)63(74)64(75)71-25-17-16-20-54(71)65(76)88-58(47(4)38-51-22-24-55(72)59(39-51)81-11)41-57(80-10)46(3)37-49(6)61(73)62(82-12)60(48(5)36-44)68-87-43-52-42-70(69-67-52)26-27-83-30-31-85-34-35-86-33-32-84-29-28-78-8;1-2-27-20(32)7-8-21(33)28-10-3-4-12-31-24-22(17(25)9-11-29-24)23(30-31)15-5-6-18-16(13-15)14-19(26)34-18/h13-15,18-19,37,42,44,46-48,50-51,53-59,61-62,72-73,77H,16-17,20-36,38-41,43H2,1-12H3;5-6,9,11,13-14H,2-4,7-8,10,12,26H2,1H3,(H2,25,29)(H,27,32)(H,28,33)/b15-13+,18-14+,45-19+,49-37+,68-60?;/t44-,46-,47-,48-,50-,51+,53+,54+,55-,56+,57-,58?,59-,61-,62+,66-;/m1./s1. The molecular weight excluding hydrogens is 1590 g/mol. The summed E-state index contributed by atoms with van der Waals surface area (Å²) < 4.78 is 73.0. The average molecular weight is 1720 g/mol. The zero-order chi connectivity index (χ0) is 89.0. The summed E-state index contributed by atoms with van der Waals surface area (Å²) in [5.41, 5.74) is 18.3. The molecule has 33 nitrogen and oxygen atoms in total. The summed E-state index contributed by atoms with van der Waals surface area (Å²) in [5, 5.41) is 60.5. The summed E-state index contributed by atoms with van der Waals surface area (Å²) in [7, 11) is 7.97. The van der Waals surface area contributed by atoms with Crippen LogP contribution in [0.3, 0.4) is 0 Å². The van der Waals surface area contributed by atoms with Gasteiger partial charge < -0.3 is 104 Å². The van der Waals surface area contributed by atoms with Crippen LogP contribution in [0.15, 0.2) is 99.9 Å². The number of hydrogen-bond donors (Lipinski definition) is 7. The molecule has 4 aromatic heterocycles. The van der Waals surface area contributed by atoms with Crippen LogP contribution in [0.4, 0.5) is 11.6 Å². The fourth-order valence-electron chi connectivity index (χ4n) is 16.4. The molecule has 33 heteroatoms. The zero-order valence-corrected chi connectivity index (χ0v) is 74.5. The lowest BCUT2D eigenvalue weighted by Gasteiger charge is -2.43. The number of piperidine rings is 1. The molecule has 9 N–H and O–H groups in total. The van der Waals surface area contributed by atoms with Crippen LogP contribution in [-0.2, 0) is 101 Å². The number of allylic oxidation sites excluding steroid dienone is 5. The minimum Gasteiger partial charge on any atom is -0.460 e. The Morgan fingerprint density at radius 2 is 1.48 bits per heavy atom. The van der Waals surface area contributed by atoms with Crippen molar-refractivity contribution in [2.45, 2.75) is 238 Å². The van der Waals surface area contributed by atoms with Gasteiger partial charge >= 0.3 is 5.97 Å². The van der Waals surface area contributed by atoms with Gasteiger partial charge in [-0.1, -0.05) is 81.4 Å². The molecule has 0 radical (unpaired) electrons. The van der Waals surface area contributed by atoms with Gasteiger partial charge in [0.25, 0.3) is 11.7 Å². The highest BCUT2D eigenvalue weighted by Crippen LogP contribution is 2.40. The van der Waals surface area contributed by atoms with Gasteiger partial charge in [-0.05, 0) is 151 Å². The number of unbranched alkanes of at least 4 members (excludes halogenated alkanes) is 1. The molecule has 123 heavy (non-hydrogen) atoms. The van der Waals surface area contributed by atoms with E-state index in [-0.39, 0.29) is 86.3 Å². The number of aryl methyl sites for hydroxylation is 1. The van der Waals surface area contributed by atoms with E-state index in [1.54, 1.807) is 64.6 Å². The Labute approximate surface area is 723 Å². The van der Waals surface area contributed by atoms with E-state index in [0.29, 0.717) is 183 Å². The molecule has 5 aromatic rings. The molecule has 3 amide bonds. The predicted molar refractivity (Wildman–Crippen MR) is 465 cm³/mol. The number of aliphatic hydroxyl groups excluding tert-OH is 2. The Morgan fingerprint density at radius 1 is 0.764 bits per heavy atom. The second-order valence-electron chi connectivity index (χ2n) is 32.9. The maximum atomic E-state index is 14.8. The van der Waals surface area contributed by atoms with Gasteiger partial charge in [-0.25, -0.2) is 19.1 Å². The number of nitrogens with zero attached hydrogens (tertiary/aromatic N) is 8. The third kappa shape index (κ3) is 30.4. The number of ether oxygens (including phenoxy) is 11. The summed E-state index contributed by atoms with van der Waals surface area (Å²) >= 11 is 0. The lowest BCUT2D eigenvalue weighted by Crippen LogP contribution is -2.61. The van der Waals surface area contributed by atoms with Crippen LogP contribution in [0.5, 0.6) is 0 Å². The minimum absolute atomic E-state index is 0.000575. The maximum Gasteiger partial charge on any atom is 0.329 e. The number of Topliss-reactive ketones (excluding diaryl/α,β-unsaturated/α-hetero) is 1. The monoisotopic (exact) mass is 1720 g/mol. The zero-order valence-electron chi connectivity index (χ0n) is 74.5. The number of rotatable bonds is 35. The first-order chi connectivity index (χ1) is 59.2. The number of benzene rings is 1. The number of oxime groups is 1. The fraction of sp³-hybridized carbons (Fsp3) is 0.667. The van der Waals surface area contributed by atoms with Crippen LogP contribution >= 0.6 is 0 Å². The number of methoxy groups -OCH3 is 5. The van der Waals surface area contributed by atoms with Crippen LogP contribution in [0.1, 0.15) is 164 Å². The molecule has 1 aliphatic carbocycles. The SMILES string of the molecule is CCNC(=O)CCC(=O)NCCCCn1nc(-c2ccc3oc(N)cc3c2)c2c(N)ccnc21.COCCOCCOCCOCCOCCn1cc(CON=C2[C@H](C)C[C@H](C)/C=C/C=C/C=C(\C)[C@@H](OC)C[C@@H]3CC[C@@H](C)[C@@](O)(O3)C(=O)C(=O)N3CCCC[C@H]3C(=O)OC([C@H](C)C[C@@H]3CC[C@@H](O)[C@H](OC)C3)C[C@@H](OC)[C@H](C)/C=C(\C)[C@@H](O)[C@H]2OC)nn1. The van der Waals surface area contributed by atoms with Gasteiger partial charge in [0.15, 0.2) is 18.1 Å². The van der Waals surface area contributed by atoms with Gasteiger partial charge in [-0.15, -0.1) is 5.10 Å². The van der Waals surface area contributed by atoms with E-state index in [2.05, 4.69) is 38.9 Å². The van der Waals surface area contributed by atoms with Crippen LogP contribution < -0.4 is 22.1 Å². The first-order valence-corrected chi connectivity index (χ1v) is 43.7. The number of nitrogens with one attached hydrogen (secondary N) is 2. The van der Waals surface area contributed by atoms with Crippen molar-refractivity contribution < 1.29 is 101 Å². The molecule has 4 aliphatic rings. The van der Waals surface area contributed by atoms with E-state index >= 15 is 0 Å². The number of anilines is 2. The number of nitrogen functional groups attached to an aromatic ring is 2. The summed E-state index contributed by atoms with van der Waals surface area (Å²) in [4.78, 5) is 78.9. The molecule has 9 rings (SSSR count). The normalized spacial score (nSPS) is 27.7. The van der Waals surface area contributed by atoms with Gasteiger partial charge in [0.2, 0.25) is 17.6 Å². The Hall–Kier alpha value is -8.42. The van der Waals surface area contributed by atoms with Gasteiger partial charge in [-0.2, -0.15) is 5.10 Å². The number of fused-ring (bicyclic) bond motifs is 5. The number of ketones is 1. The quantitative estimate of drug-likeness (QED) is 0.00652. The van der Waals surface area contributed by atoms with Crippen LogP contribution in [0.2, 0.25) is 0 Å². The van der Waals surface area contributed by atoms with Crippen molar-refractivity contribution in [2.75, 3.05) is 126 Å². The summed E-state index contributed by atoms with van der Waals surface area (Å²) in [6.45, 7) is 22.0. The second kappa shape index (κ2) is 51.9. The molecule has 1 aromatic carbocycles. The number of amides is 3. The number of aromatic nitrogens is 6. The van der Waals surface area contributed by atoms with Crippen molar-refractivity contribution >= 4 is 68.8 Å². The number of carbonyl (C=O) groups excluding carboxylic acids is 5. The number of hydrogen-bond acceptors (Lipinski definition) is 28. The van der Waals surface area contributed by atoms with Crippen LogP contribution in [0.25, 0.3) is 33.3 Å². The highest BCUT2D eigenvalue weighted by Gasteiger charge is 2.53. The van der Waals surface area contributed by atoms with Crippen LogP contribution in [0, 0.1) is 35.5 Å². The molecule has 3 fully saturated rings. The first kappa shape index (κ1) is 100.0. The van der Waals surface area contributed by atoms with E-state index in [9.17, 15) is 39.3 Å². The molecule has 3 aliphatic heterocycles. The molecule has 2 saturated heterocycles. The largest absolute Gasteiger partial charge is 0.460 e. The summed E-state index contributed by atoms with van der Waals surface area (Å²) in [6.07, 6.45) is 18.1. The Balaban J connectivity index is 0.000000455. The summed E-state index contributed by atoms with van der Waals surface area (Å²) in [6, 6.07) is 8.23. The number of cyclic esters (lactones) is 1. The smallest absolute Gasteiger partial charge is 0.329 e. The molecule has 16 atom stereocenters. The van der Waals surface area contributed by atoms with Crippen molar-refractivity contribution in [3.05, 3.63) is 96.0 Å². The van der Waals surface area contributed by atoms with Crippen molar-refractivity contribution in [2.24, 2.45) is 40.7 Å². The lowest BCUT2D eigenvalue weighted by atomic mass is 9.78. The molecule has 2 bridgehead atoms. The van der Waals surface area contributed by atoms with E-state index in [1.165, 1.54) is 12.0 Å². The van der Waals surface area contributed by atoms with Crippen molar-refractivity contribution in [3.8, 4) is 11.3 Å². The third-order valence-electron chi connectivity index (χ3n) is 23.5. The fourth-order valence-corrected chi connectivity index (χ4v) is 16.4. The Bertz CT molecular complexity index is 4240. The third-order valence-corrected chi connectivity index (χ3v) is 23.5.